The fourth-order valence-electron chi connectivity index (χ4n) is 5.48. The van der Waals surface area contributed by atoms with Crippen LogP contribution in [0.5, 0.6) is 28.7 Å². The molecule has 5 rings (SSSR count). The highest BCUT2D eigenvalue weighted by Crippen LogP contribution is 2.53. The highest BCUT2D eigenvalue weighted by molar-refractivity contribution is 6.07. The average molecular weight is 437 g/mol. The summed E-state index contributed by atoms with van der Waals surface area (Å²) in [5.74, 6) is -0.341. The standard InChI is InChI=1S/C26H28O6/c1-12-5-6-18-14(7-12)16-8-15(20(28)10-21(16)32-26(18,3)4)17-11-31-22-9-19(27)13(2)24(29)23(22)25(17)30/h7-10,14,17-18,27-29H,5-6,11H2,1-4H3/t14-,17-,18+/m1/s1. The molecule has 3 atom stereocenters. The van der Waals surface area contributed by atoms with Crippen LogP contribution in [0.4, 0.5) is 0 Å². The quantitative estimate of drug-likeness (QED) is 0.540. The third kappa shape index (κ3) is 2.96. The maximum absolute atomic E-state index is 13.4. The summed E-state index contributed by atoms with van der Waals surface area (Å²) in [5, 5.41) is 31.3. The van der Waals surface area contributed by atoms with E-state index in [-0.39, 0.29) is 58.0 Å². The first-order valence-corrected chi connectivity index (χ1v) is 11.0. The molecule has 2 aromatic rings. The summed E-state index contributed by atoms with van der Waals surface area (Å²) >= 11 is 0. The SMILES string of the molecule is CC1=C[C@@H]2c3cc([C@H]4COc5cc(O)c(C)c(O)c5C4=O)c(O)cc3OC(C)(C)[C@H]2CC1. The highest BCUT2D eigenvalue weighted by Gasteiger charge is 2.45. The lowest BCUT2D eigenvalue weighted by Crippen LogP contribution is -2.45. The number of carbonyl (C=O) groups is 1. The smallest absolute Gasteiger partial charge is 0.181 e. The van der Waals surface area contributed by atoms with Crippen molar-refractivity contribution in [3.05, 3.63) is 52.1 Å². The number of fused-ring (bicyclic) bond motifs is 4. The molecule has 0 saturated heterocycles. The average Bonchev–Trinajstić information content (AvgIpc) is 2.72. The number of allylic oxidation sites excluding steroid dienone is 2. The molecule has 32 heavy (non-hydrogen) atoms. The molecule has 168 valence electrons. The monoisotopic (exact) mass is 436 g/mol. The number of hydrogen-bond acceptors (Lipinski definition) is 6. The molecule has 0 amide bonds. The van der Waals surface area contributed by atoms with Crippen LogP contribution >= 0.6 is 0 Å². The second-order valence-corrected chi connectivity index (χ2v) is 9.81. The van der Waals surface area contributed by atoms with Gasteiger partial charge in [-0.15, -0.1) is 0 Å². The second kappa shape index (κ2) is 6.92. The Labute approximate surface area is 187 Å². The summed E-state index contributed by atoms with van der Waals surface area (Å²) in [6.07, 6.45) is 4.33. The summed E-state index contributed by atoms with van der Waals surface area (Å²) in [4.78, 5) is 13.4. The van der Waals surface area contributed by atoms with E-state index in [4.69, 9.17) is 9.47 Å². The van der Waals surface area contributed by atoms with Gasteiger partial charge in [0.1, 0.15) is 46.5 Å². The normalized spacial score (nSPS) is 25.6. The lowest BCUT2D eigenvalue weighted by atomic mass is 9.67. The number of Topliss-reactive ketones (excluding diaryl/α,β-unsaturated/α-hetero) is 1. The van der Waals surface area contributed by atoms with Crippen molar-refractivity contribution in [2.45, 2.75) is 58.0 Å². The minimum absolute atomic E-state index is 0.00936. The molecular formula is C26H28O6. The number of carbonyl (C=O) groups excluding carboxylic acids is 1. The first kappa shape index (κ1) is 20.7. The van der Waals surface area contributed by atoms with Gasteiger partial charge in [0, 0.05) is 40.7 Å². The van der Waals surface area contributed by atoms with Crippen LogP contribution in [-0.4, -0.2) is 33.3 Å². The van der Waals surface area contributed by atoms with Crippen molar-refractivity contribution in [2.24, 2.45) is 5.92 Å². The number of phenols is 3. The van der Waals surface area contributed by atoms with Crippen LogP contribution in [0.15, 0.2) is 29.8 Å². The third-order valence-corrected chi connectivity index (χ3v) is 7.37. The Hall–Kier alpha value is -3.15. The Bertz CT molecular complexity index is 1180. The number of aromatic hydroxyl groups is 3. The molecule has 0 bridgehead atoms. The van der Waals surface area contributed by atoms with Crippen molar-refractivity contribution in [3.63, 3.8) is 0 Å². The fraction of sp³-hybridized carbons (Fsp3) is 0.423. The number of benzene rings is 2. The predicted octanol–water partition coefficient (Wildman–Crippen LogP) is 5.08. The Morgan fingerprint density at radius 3 is 2.47 bits per heavy atom. The summed E-state index contributed by atoms with van der Waals surface area (Å²) in [6.45, 7) is 7.85. The molecule has 0 fully saturated rings. The first-order valence-electron chi connectivity index (χ1n) is 11.0. The fourth-order valence-corrected chi connectivity index (χ4v) is 5.48. The second-order valence-electron chi connectivity index (χ2n) is 9.81. The first-order chi connectivity index (χ1) is 15.1. The summed E-state index contributed by atoms with van der Waals surface area (Å²) in [7, 11) is 0. The van der Waals surface area contributed by atoms with Crippen LogP contribution in [0.25, 0.3) is 0 Å². The van der Waals surface area contributed by atoms with Gasteiger partial charge in [0.25, 0.3) is 0 Å². The maximum Gasteiger partial charge on any atom is 0.181 e. The van der Waals surface area contributed by atoms with Gasteiger partial charge in [-0.1, -0.05) is 11.6 Å². The summed E-state index contributed by atoms with van der Waals surface area (Å²) < 4.78 is 12.0. The number of phenolic OH excluding ortho intramolecular Hbond substituents is 3. The van der Waals surface area contributed by atoms with E-state index >= 15 is 0 Å². The Balaban J connectivity index is 1.61. The number of ketones is 1. The Morgan fingerprint density at radius 1 is 1.00 bits per heavy atom. The Kier molecular flexibility index (Phi) is 4.49. The van der Waals surface area contributed by atoms with Crippen LogP contribution in [-0.2, 0) is 0 Å². The maximum atomic E-state index is 13.4. The van der Waals surface area contributed by atoms with E-state index in [1.54, 1.807) is 6.07 Å². The number of rotatable bonds is 1. The molecule has 0 radical (unpaired) electrons. The topological polar surface area (TPSA) is 96.2 Å². The molecule has 3 aliphatic rings. The summed E-state index contributed by atoms with van der Waals surface area (Å²) in [6, 6.07) is 4.82. The van der Waals surface area contributed by atoms with Gasteiger partial charge in [-0.2, -0.15) is 0 Å². The van der Waals surface area contributed by atoms with Gasteiger partial charge in [-0.3, -0.25) is 4.79 Å². The third-order valence-electron chi connectivity index (χ3n) is 7.37. The van der Waals surface area contributed by atoms with Crippen molar-refractivity contribution in [3.8, 4) is 28.7 Å². The highest BCUT2D eigenvalue weighted by atomic mass is 16.5. The Morgan fingerprint density at radius 2 is 1.72 bits per heavy atom. The molecular weight excluding hydrogens is 408 g/mol. The zero-order chi connectivity index (χ0) is 22.9. The van der Waals surface area contributed by atoms with Gasteiger partial charge in [-0.25, -0.2) is 0 Å². The van der Waals surface area contributed by atoms with Gasteiger partial charge in [0.05, 0.1) is 5.92 Å². The van der Waals surface area contributed by atoms with Crippen LogP contribution in [0.2, 0.25) is 0 Å². The molecule has 0 saturated carbocycles. The van der Waals surface area contributed by atoms with Gasteiger partial charge < -0.3 is 24.8 Å². The largest absolute Gasteiger partial charge is 0.508 e. The van der Waals surface area contributed by atoms with Crippen LogP contribution < -0.4 is 9.47 Å². The molecule has 0 aromatic heterocycles. The zero-order valence-corrected chi connectivity index (χ0v) is 18.7. The van der Waals surface area contributed by atoms with Gasteiger partial charge >= 0.3 is 0 Å². The van der Waals surface area contributed by atoms with E-state index in [2.05, 4.69) is 26.8 Å². The summed E-state index contributed by atoms with van der Waals surface area (Å²) in [5.41, 5.74) is 2.65. The molecule has 3 N–H and O–H groups in total. The van der Waals surface area contributed by atoms with Crippen molar-refractivity contribution in [1.29, 1.82) is 0 Å². The minimum Gasteiger partial charge on any atom is -0.508 e. The van der Waals surface area contributed by atoms with Gasteiger partial charge in [-0.05, 0) is 46.6 Å². The van der Waals surface area contributed by atoms with Gasteiger partial charge in [0.15, 0.2) is 5.78 Å². The van der Waals surface area contributed by atoms with Crippen LogP contribution in [0.3, 0.4) is 0 Å². The molecule has 1 aliphatic carbocycles. The molecule has 6 heteroatoms. The molecule has 0 unspecified atom stereocenters. The molecule has 0 spiro atoms. The number of ether oxygens (including phenoxy) is 2. The van der Waals surface area contributed by atoms with Gasteiger partial charge in [0.2, 0.25) is 0 Å². The van der Waals surface area contributed by atoms with E-state index < -0.39 is 5.92 Å². The van der Waals surface area contributed by atoms with Crippen molar-refractivity contribution < 1.29 is 29.6 Å². The van der Waals surface area contributed by atoms with E-state index in [1.807, 2.05) is 6.07 Å². The predicted molar refractivity (Wildman–Crippen MR) is 119 cm³/mol. The molecule has 6 nitrogen and oxygen atoms in total. The lowest BCUT2D eigenvalue weighted by molar-refractivity contribution is 0.0113. The lowest BCUT2D eigenvalue weighted by Gasteiger charge is -2.46. The van der Waals surface area contributed by atoms with E-state index in [9.17, 15) is 20.1 Å². The van der Waals surface area contributed by atoms with Crippen LogP contribution in [0.1, 0.15) is 72.5 Å². The van der Waals surface area contributed by atoms with Crippen molar-refractivity contribution in [2.75, 3.05) is 6.61 Å². The van der Waals surface area contributed by atoms with Crippen molar-refractivity contribution >= 4 is 5.78 Å². The van der Waals surface area contributed by atoms with E-state index in [1.165, 1.54) is 18.6 Å². The van der Waals surface area contributed by atoms with Crippen LogP contribution in [0, 0.1) is 12.8 Å². The van der Waals surface area contributed by atoms with E-state index in [0.29, 0.717) is 17.2 Å². The minimum atomic E-state index is -0.773. The molecule has 2 aromatic carbocycles. The van der Waals surface area contributed by atoms with Crippen molar-refractivity contribution in [1.82, 2.24) is 0 Å². The molecule has 2 heterocycles. The number of hydrogen-bond donors (Lipinski definition) is 3. The molecule has 2 aliphatic heterocycles. The zero-order valence-electron chi connectivity index (χ0n) is 18.7. The van der Waals surface area contributed by atoms with E-state index in [0.717, 1.165) is 18.4 Å².